The van der Waals surface area contributed by atoms with Gasteiger partial charge in [-0.05, 0) is 23.6 Å². The number of ketones is 1. The van der Waals surface area contributed by atoms with Crippen molar-refractivity contribution in [2.24, 2.45) is 0 Å². The van der Waals surface area contributed by atoms with Crippen LogP contribution in [0.3, 0.4) is 0 Å². The second-order valence-corrected chi connectivity index (χ2v) is 5.93. The number of halogens is 1. The van der Waals surface area contributed by atoms with Crippen LogP contribution in [0.5, 0.6) is 0 Å². The Kier molecular flexibility index (Phi) is 3.53. The number of aromatic amines is 1. The third-order valence-electron chi connectivity index (χ3n) is 3.17. The molecule has 106 valence electrons. The number of thiophene rings is 1. The molecular weight excluding hydrogens is 310 g/mol. The van der Waals surface area contributed by atoms with Gasteiger partial charge in [-0.25, -0.2) is 0 Å². The minimum atomic E-state index is -0.980. The first-order valence-corrected chi connectivity index (χ1v) is 7.42. The number of H-pyrrole nitrogens is 1. The van der Waals surface area contributed by atoms with E-state index in [4.69, 9.17) is 16.7 Å². The predicted molar refractivity (Wildman–Crippen MR) is 82.4 cm³/mol. The van der Waals surface area contributed by atoms with Crippen LogP contribution in [0.15, 0.2) is 35.7 Å². The van der Waals surface area contributed by atoms with Crippen molar-refractivity contribution in [2.45, 2.75) is 6.42 Å². The van der Waals surface area contributed by atoms with E-state index in [0.717, 1.165) is 0 Å². The Morgan fingerprint density at radius 2 is 2.10 bits per heavy atom. The summed E-state index contributed by atoms with van der Waals surface area (Å²) >= 11 is 7.27. The molecule has 0 aliphatic heterocycles. The average Bonchev–Trinajstić information content (AvgIpc) is 3.05. The quantitative estimate of drug-likeness (QED) is 0.720. The summed E-state index contributed by atoms with van der Waals surface area (Å²) in [6.45, 7) is 0. The van der Waals surface area contributed by atoms with Crippen molar-refractivity contribution in [1.82, 2.24) is 4.98 Å². The molecule has 3 rings (SSSR count). The lowest BCUT2D eigenvalue weighted by Gasteiger charge is -2.00. The number of hydrogen-bond donors (Lipinski definition) is 2. The van der Waals surface area contributed by atoms with Gasteiger partial charge in [0.25, 0.3) is 0 Å². The van der Waals surface area contributed by atoms with Crippen molar-refractivity contribution in [3.8, 4) is 0 Å². The van der Waals surface area contributed by atoms with Crippen LogP contribution in [0.25, 0.3) is 10.9 Å². The van der Waals surface area contributed by atoms with E-state index < -0.39 is 5.97 Å². The zero-order valence-corrected chi connectivity index (χ0v) is 12.3. The van der Waals surface area contributed by atoms with Gasteiger partial charge in [0.15, 0.2) is 0 Å². The zero-order valence-electron chi connectivity index (χ0n) is 10.7. The molecule has 0 saturated carbocycles. The predicted octanol–water partition coefficient (Wildman–Crippen LogP) is 3.74. The lowest BCUT2D eigenvalue weighted by atomic mass is 10.0. The highest BCUT2D eigenvalue weighted by Crippen LogP contribution is 2.28. The van der Waals surface area contributed by atoms with E-state index in [1.54, 1.807) is 30.3 Å². The molecule has 1 aromatic carbocycles. The monoisotopic (exact) mass is 319 g/mol. The van der Waals surface area contributed by atoms with Gasteiger partial charge in [-0.1, -0.05) is 23.7 Å². The van der Waals surface area contributed by atoms with E-state index >= 15 is 0 Å². The number of hydrogen-bond acceptors (Lipinski definition) is 3. The van der Waals surface area contributed by atoms with Gasteiger partial charge in [-0.2, -0.15) is 0 Å². The van der Waals surface area contributed by atoms with Gasteiger partial charge in [0, 0.05) is 21.5 Å². The normalized spacial score (nSPS) is 10.9. The highest BCUT2D eigenvalue weighted by molar-refractivity contribution is 7.12. The van der Waals surface area contributed by atoms with E-state index in [1.807, 2.05) is 5.38 Å². The van der Waals surface area contributed by atoms with E-state index in [0.29, 0.717) is 32.1 Å². The first kappa shape index (κ1) is 13.9. The molecule has 2 N–H and O–H groups in total. The Hall–Kier alpha value is -2.11. The standard InChI is InChI=1S/C15H10ClNO3S/c16-8-3-4-9-10(7-13(18)19)14(17-11(9)6-8)15(20)12-2-1-5-21-12/h1-6,17H,7H2,(H,18,19). The first-order valence-electron chi connectivity index (χ1n) is 6.16. The van der Waals surface area contributed by atoms with E-state index in [-0.39, 0.29) is 12.2 Å². The molecule has 4 nitrogen and oxygen atoms in total. The van der Waals surface area contributed by atoms with Crippen molar-refractivity contribution in [3.63, 3.8) is 0 Å². The Labute approximate surface area is 129 Å². The number of rotatable bonds is 4. The molecule has 0 aliphatic rings. The van der Waals surface area contributed by atoms with Crippen LogP contribution in [0.4, 0.5) is 0 Å². The number of carbonyl (C=O) groups excluding carboxylic acids is 1. The number of fused-ring (bicyclic) bond motifs is 1. The lowest BCUT2D eigenvalue weighted by Crippen LogP contribution is -2.07. The van der Waals surface area contributed by atoms with Crippen LogP contribution >= 0.6 is 22.9 Å². The highest BCUT2D eigenvalue weighted by atomic mass is 35.5. The van der Waals surface area contributed by atoms with Crippen molar-refractivity contribution in [1.29, 1.82) is 0 Å². The molecule has 0 spiro atoms. The maximum Gasteiger partial charge on any atom is 0.307 e. The summed E-state index contributed by atoms with van der Waals surface area (Å²) in [6.07, 6.45) is -0.214. The maximum atomic E-state index is 12.5. The number of nitrogens with one attached hydrogen (secondary N) is 1. The molecule has 0 amide bonds. The van der Waals surface area contributed by atoms with Gasteiger partial charge in [-0.15, -0.1) is 11.3 Å². The maximum absolute atomic E-state index is 12.5. The van der Waals surface area contributed by atoms with Crippen molar-refractivity contribution in [3.05, 3.63) is 56.9 Å². The van der Waals surface area contributed by atoms with Crippen LogP contribution < -0.4 is 0 Å². The number of carboxylic acid groups (broad SMARTS) is 1. The number of carboxylic acids is 1. The topological polar surface area (TPSA) is 70.2 Å². The third kappa shape index (κ3) is 2.57. The smallest absolute Gasteiger partial charge is 0.307 e. The Morgan fingerprint density at radius 1 is 1.29 bits per heavy atom. The SMILES string of the molecule is O=C(O)Cc1c(C(=O)c2cccs2)[nH]c2cc(Cl)ccc12. The summed E-state index contributed by atoms with van der Waals surface area (Å²) in [5.74, 6) is -1.18. The summed E-state index contributed by atoms with van der Waals surface area (Å²) < 4.78 is 0. The van der Waals surface area contributed by atoms with Gasteiger partial charge >= 0.3 is 5.97 Å². The van der Waals surface area contributed by atoms with E-state index in [2.05, 4.69) is 4.98 Å². The Morgan fingerprint density at radius 3 is 2.76 bits per heavy atom. The minimum absolute atomic E-state index is 0.200. The lowest BCUT2D eigenvalue weighted by molar-refractivity contribution is -0.136. The molecule has 3 aromatic rings. The van der Waals surface area contributed by atoms with Crippen molar-refractivity contribution >= 4 is 45.6 Å². The third-order valence-corrected chi connectivity index (χ3v) is 4.27. The second-order valence-electron chi connectivity index (χ2n) is 4.55. The average molecular weight is 320 g/mol. The van der Waals surface area contributed by atoms with Gasteiger partial charge in [0.2, 0.25) is 5.78 Å². The Bertz CT molecular complexity index is 836. The number of carbonyl (C=O) groups is 2. The van der Waals surface area contributed by atoms with Gasteiger partial charge in [0.05, 0.1) is 17.0 Å². The van der Waals surface area contributed by atoms with Crippen molar-refractivity contribution < 1.29 is 14.7 Å². The summed E-state index contributed by atoms with van der Waals surface area (Å²) in [6, 6.07) is 8.61. The summed E-state index contributed by atoms with van der Waals surface area (Å²) in [5.41, 5.74) is 1.48. The molecule has 0 atom stereocenters. The molecule has 6 heteroatoms. The molecule has 2 heterocycles. The van der Waals surface area contributed by atoms with Crippen LogP contribution in [-0.2, 0) is 11.2 Å². The largest absolute Gasteiger partial charge is 0.481 e. The summed E-state index contributed by atoms with van der Waals surface area (Å²) in [5, 5.41) is 12.1. The van der Waals surface area contributed by atoms with E-state index in [9.17, 15) is 9.59 Å². The fourth-order valence-electron chi connectivity index (χ4n) is 2.29. The number of aliphatic carboxylic acids is 1. The summed E-state index contributed by atoms with van der Waals surface area (Å²) in [4.78, 5) is 27.2. The highest BCUT2D eigenvalue weighted by Gasteiger charge is 2.21. The summed E-state index contributed by atoms with van der Waals surface area (Å²) in [7, 11) is 0. The van der Waals surface area contributed by atoms with Crippen LogP contribution in [0, 0.1) is 0 Å². The van der Waals surface area contributed by atoms with Crippen LogP contribution in [0.2, 0.25) is 5.02 Å². The fraction of sp³-hybridized carbons (Fsp3) is 0.0667. The van der Waals surface area contributed by atoms with Crippen LogP contribution in [-0.4, -0.2) is 21.8 Å². The molecular formula is C15H10ClNO3S. The van der Waals surface area contributed by atoms with Crippen molar-refractivity contribution in [2.75, 3.05) is 0 Å². The van der Waals surface area contributed by atoms with Gasteiger partial charge < -0.3 is 10.1 Å². The first-order chi connectivity index (χ1) is 10.1. The Balaban J connectivity index is 2.20. The molecule has 2 aromatic heterocycles. The number of aromatic nitrogens is 1. The molecule has 0 radical (unpaired) electrons. The minimum Gasteiger partial charge on any atom is -0.481 e. The van der Waals surface area contributed by atoms with Crippen LogP contribution in [0.1, 0.15) is 20.9 Å². The molecule has 0 unspecified atom stereocenters. The molecule has 0 aliphatic carbocycles. The molecule has 21 heavy (non-hydrogen) atoms. The van der Waals surface area contributed by atoms with Gasteiger partial charge in [-0.3, -0.25) is 9.59 Å². The molecule has 0 fully saturated rings. The molecule has 0 saturated heterocycles. The van der Waals surface area contributed by atoms with E-state index in [1.165, 1.54) is 11.3 Å². The van der Waals surface area contributed by atoms with Gasteiger partial charge in [0.1, 0.15) is 0 Å². The zero-order chi connectivity index (χ0) is 15.0. The fourth-order valence-corrected chi connectivity index (χ4v) is 3.13. The second kappa shape index (κ2) is 5.35. The number of benzene rings is 1. The molecule has 0 bridgehead atoms.